The number of rotatable bonds is 9. The Labute approximate surface area is 165 Å². The Morgan fingerprint density at radius 2 is 2.04 bits per heavy atom. The molecule has 3 rings (SSSR count). The van der Waals surface area contributed by atoms with Crippen molar-refractivity contribution in [2.45, 2.75) is 57.7 Å². The average Bonchev–Trinajstić information content (AvgIpc) is 3.08. The third-order valence-corrected chi connectivity index (χ3v) is 5.39. The van der Waals surface area contributed by atoms with Crippen molar-refractivity contribution in [3.8, 4) is 11.5 Å². The number of amides is 2. The van der Waals surface area contributed by atoms with E-state index in [-0.39, 0.29) is 37.5 Å². The number of hydrogen-bond acceptors (Lipinski definition) is 5. The molecule has 2 amide bonds. The normalized spacial score (nSPS) is 21.1. The maximum atomic E-state index is 12.2. The third-order valence-electron chi connectivity index (χ3n) is 5.39. The molecule has 0 aromatic heterocycles. The van der Waals surface area contributed by atoms with Gasteiger partial charge in [-0.3, -0.25) is 9.69 Å². The summed E-state index contributed by atoms with van der Waals surface area (Å²) < 4.78 is 10.7. The Morgan fingerprint density at radius 1 is 1.29 bits per heavy atom. The van der Waals surface area contributed by atoms with Crippen molar-refractivity contribution >= 4 is 12.0 Å². The fraction of sp³-hybridized carbons (Fsp3) is 0.600. The number of hydrogen-bond donors (Lipinski definition) is 3. The van der Waals surface area contributed by atoms with Gasteiger partial charge in [0.1, 0.15) is 0 Å². The maximum Gasteiger partial charge on any atom is 0.317 e. The minimum Gasteiger partial charge on any atom is -0.480 e. The number of aryl methyl sites for hydroxylation is 1. The molecule has 1 aliphatic carbocycles. The van der Waals surface area contributed by atoms with Crippen LogP contribution in [0.4, 0.5) is 4.79 Å². The number of carboxylic acid groups (broad SMARTS) is 1. The second-order valence-corrected chi connectivity index (χ2v) is 7.52. The highest BCUT2D eigenvalue weighted by atomic mass is 16.7. The van der Waals surface area contributed by atoms with E-state index in [0.717, 1.165) is 42.7 Å². The molecule has 1 aromatic rings. The van der Waals surface area contributed by atoms with Crippen LogP contribution in [0, 0.1) is 0 Å². The molecule has 8 heteroatoms. The quantitative estimate of drug-likeness (QED) is 0.595. The third kappa shape index (κ3) is 5.28. The molecule has 3 N–H and O–H groups in total. The number of likely N-dealkylation sites (N-methyl/N-ethyl adjacent to an activating group) is 1. The molecule has 0 spiro atoms. The highest BCUT2D eigenvalue weighted by Gasteiger charge is 2.34. The van der Waals surface area contributed by atoms with Gasteiger partial charge >= 0.3 is 12.0 Å². The molecule has 1 fully saturated rings. The van der Waals surface area contributed by atoms with Crippen molar-refractivity contribution in [2.75, 3.05) is 19.9 Å². The van der Waals surface area contributed by atoms with Crippen molar-refractivity contribution in [3.05, 3.63) is 23.8 Å². The zero-order valence-corrected chi connectivity index (χ0v) is 16.4. The molecule has 1 heterocycles. The van der Waals surface area contributed by atoms with E-state index in [1.54, 1.807) is 0 Å². The molecule has 0 bridgehead atoms. The average molecular weight is 391 g/mol. The first-order valence-electron chi connectivity index (χ1n) is 9.86. The second kappa shape index (κ2) is 9.14. The van der Waals surface area contributed by atoms with Crippen LogP contribution in [0.2, 0.25) is 0 Å². The number of benzene rings is 1. The van der Waals surface area contributed by atoms with Gasteiger partial charge in [0.05, 0.1) is 6.54 Å². The zero-order valence-electron chi connectivity index (χ0n) is 16.4. The Hall–Kier alpha value is -2.48. The summed E-state index contributed by atoms with van der Waals surface area (Å²) in [5.41, 5.74) is 1.15. The van der Waals surface area contributed by atoms with Gasteiger partial charge < -0.3 is 25.2 Å². The molecule has 1 saturated carbocycles. The second-order valence-electron chi connectivity index (χ2n) is 7.52. The Bertz CT molecular complexity index is 705. The largest absolute Gasteiger partial charge is 0.480 e. The lowest BCUT2D eigenvalue weighted by molar-refractivity contribution is -0.139. The summed E-state index contributed by atoms with van der Waals surface area (Å²) in [7, 11) is 0. The van der Waals surface area contributed by atoms with E-state index < -0.39 is 5.97 Å². The van der Waals surface area contributed by atoms with Crippen molar-refractivity contribution in [1.82, 2.24) is 15.5 Å². The van der Waals surface area contributed by atoms with Crippen LogP contribution in [0.5, 0.6) is 11.5 Å². The monoisotopic (exact) mass is 391 g/mol. The lowest BCUT2D eigenvalue weighted by atomic mass is 9.85. The topological polar surface area (TPSA) is 100 Å². The number of aliphatic carboxylic acids is 1. The number of nitrogens with zero attached hydrogens (tertiary/aromatic N) is 1. The number of urea groups is 1. The molecule has 2 aliphatic rings. The van der Waals surface area contributed by atoms with E-state index in [0.29, 0.717) is 6.54 Å². The molecule has 1 aliphatic heterocycles. The number of carbonyl (C=O) groups is 2. The summed E-state index contributed by atoms with van der Waals surface area (Å²) in [4.78, 5) is 25.0. The van der Waals surface area contributed by atoms with Gasteiger partial charge in [-0.15, -0.1) is 0 Å². The van der Waals surface area contributed by atoms with Gasteiger partial charge in [0.15, 0.2) is 11.5 Å². The molecular weight excluding hydrogens is 362 g/mol. The maximum absolute atomic E-state index is 12.2. The first kappa shape index (κ1) is 20.3. The van der Waals surface area contributed by atoms with Gasteiger partial charge in [0.25, 0.3) is 0 Å². The summed E-state index contributed by atoms with van der Waals surface area (Å²) in [6, 6.07) is 6.14. The molecule has 1 unspecified atom stereocenters. The van der Waals surface area contributed by atoms with Crippen molar-refractivity contribution in [3.63, 3.8) is 0 Å². The number of fused-ring (bicyclic) bond motifs is 1. The van der Waals surface area contributed by atoms with Crippen molar-refractivity contribution in [1.29, 1.82) is 0 Å². The van der Waals surface area contributed by atoms with Gasteiger partial charge in [-0.05, 0) is 56.8 Å². The molecule has 8 nitrogen and oxygen atoms in total. The Kier molecular flexibility index (Phi) is 6.61. The first-order chi connectivity index (χ1) is 13.4. The van der Waals surface area contributed by atoms with Crippen LogP contribution in [0.3, 0.4) is 0 Å². The molecule has 0 radical (unpaired) electrons. The number of carbonyl (C=O) groups excluding carboxylic acids is 1. The van der Waals surface area contributed by atoms with Crippen LogP contribution in [0.25, 0.3) is 0 Å². The molecule has 1 atom stereocenters. The standard InChI is InChI=1S/C20H29N3O5/c1-3-23(11-19(24)25)16-9-15(10-16)22-20(26)21-13(2)4-5-14-6-7-17-18(8-14)28-12-27-17/h6-8,13,15-16H,3-5,9-12H2,1-2H3,(H,24,25)(H2,21,22,26). The first-order valence-corrected chi connectivity index (χ1v) is 9.86. The van der Waals surface area contributed by atoms with Crippen molar-refractivity contribution in [2.24, 2.45) is 0 Å². The van der Waals surface area contributed by atoms with E-state index in [1.807, 2.05) is 36.9 Å². The summed E-state index contributed by atoms with van der Waals surface area (Å²) in [5, 5.41) is 14.9. The Morgan fingerprint density at radius 3 is 2.75 bits per heavy atom. The number of carboxylic acids is 1. The van der Waals surface area contributed by atoms with Crippen LogP contribution in [-0.2, 0) is 11.2 Å². The zero-order chi connectivity index (χ0) is 20.1. The summed E-state index contributed by atoms with van der Waals surface area (Å²) in [5.74, 6) is 0.741. The minimum atomic E-state index is -0.813. The van der Waals surface area contributed by atoms with Crippen LogP contribution in [-0.4, -0.2) is 60.0 Å². The lowest BCUT2D eigenvalue weighted by Crippen LogP contribution is -2.57. The van der Waals surface area contributed by atoms with Gasteiger partial charge in [-0.1, -0.05) is 13.0 Å². The van der Waals surface area contributed by atoms with E-state index in [9.17, 15) is 9.59 Å². The van der Waals surface area contributed by atoms with E-state index in [2.05, 4.69) is 10.6 Å². The Balaban J connectivity index is 1.34. The lowest BCUT2D eigenvalue weighted by Gasteiger charge is -2.42. The SMILES string of the molecule is CCN(CC(=O)O)C1CC(NC(=O)NC(C)CCc2ccc3c(c2)OCO3)C1. The molecular formula is C20H29N3O5. The minimum absolute atomic E-state index is 0.0421. The van der Waals surface area contributed by atoms with Gasteiger partial charge in [-0.2, -0.15) is 0 Å². The van der Waals surface area contributed by atoms with Gasteiger partial charge in [-0.25, -0.2) is 4.79 Å². The van der Waals surface area contributed by atoms with Gasteiger partial charge in [0.2, 0.25) is 6.79 Å². The van der Waals surface area contributed by atoms with E-state index in [4.69, 9.17) is 14.6 Å². The summed E-state index contributed by atoms with van der Waals surface area (Å²) >= 11 is 0. The molecule has 154 valence electrons. The number of nitrogens with one attached hydrogen (secondary N) is 2. The van der Waals surface area contributed by atoms with Gasteiger partial charge in [0, 0.05) is 18.1 Å². The highest BCUT2D eigenvalue weighted by molar-refractivity contribution is 5.74. The van der Waals surface area contributed by atoms with Crippen LogP contribution in [0.15, 0.2) is 18.2 Å². The summed E-state index contributed by atoms with van der Waals surface area (Å²) in [6.45, 7) is 4.97. The van der Waals surface area contributed by atoms with Crippen LogP contribution < -0.4 is 20.1 Å². The highest BCUT2D eigenvalue weighted by Crippen LogP contribution is 2.32. The van der Waals surface area contributed by atoms with Crippen LogP contribution >= 0.6 is 0 Å². The predicted octanol–water partition coefficient (Wildman–Crippen LogP) is 1.97. The molecule has 1 aromatic carbocycles. The molecule has 28 heavy (non-hydrogen) atoms. The van der Waals surface area contributed by atoms with Crippen LogP contribution in [0.1, 0.15) is 38.7 Å². The van der Waals surface area contributed by atoms with Crippen molar-refractivity contribution < 1.29 is 24.2 Å². The fourth-order valence-corrected chi connectivity index (χ4v) is 3.68. The fourth-order valence-electron chi connectivity index (χ4n) is 3.68. The molecule has 0 saturated heterocycles. The predicted molar refractivity (Wildman–Crippen MR) is 104 cm³/mol. The smallest absolute Gasteiger partial charge is 0.317 e. The van der Waals surface area contributed by atoms with E-state index >= 15 is 0 Å². The number of ether oxygens (including phenoxy) is 2. The van der Waals surface area contributed by atoms with E-state index in [1.165, 1.54) is 0 Å². The summed E-state index contributed by atoms with van der Waals surface area (Å²) in [6.07, 6.45) is 3.24.